The number of esters is 1. The molecule has 0 spiro atoms. The van der Waals surface area contributed by atoms with Crippen molar-refractivity contribution in [3.8, 4) is 0 Å². The fourth-order valence-electron chi connectivity index (χ4n) is 2.96. The second-order valence-electron chi connectivity index (χ2n) is 6.29. The highest BCUT2D eigenvalue weighted by molar-refractivity contribution is 5.95. The van der Waals surface area contributed by atoms with Crippen LogP contribution >= 0.6 is 0 Å². The summed E-state index contributed by atoms with van der Waals surface area (Å²) < 4.78 is 4.89. The van der Waals surface area contributed by atoms with E-state index in [0.717, 1.165) is 32.1 Å². The van der Waals surface area contributed by atoms with Gasteiger partial charge in [-0.05, 0) is 50.9 Å². The summed E-state index contributed by atoms with van der Waals surface area (Å²) in [6.45, 7) is 0.0760. The molecule has 2 rings (SSSR count). The van der Waals surface area contributed by atoms with Crippen LogP contribution in [0.5, 0.6) is 0 Å². The lowest BCUT2D eigenvalue weighted by Crippen LogP contribution is -2.41. The molecule has 2 aliphatic rings. The van der Waals surface area contributed by atoms with Gasteiger partial charge in [0.1, 0.15) is 0 Å². The highest BCUT2D eigenvalue weighted by Crippen LogP contribution is 2.20. The first kappa shape index (κ1) is 18.2. The Morgan fingerprint density at radius 1 is 1.21 bits per heavy atom. The maximum Gasteiger partial charge on any atom is 0.321 e. The zero-order chi connectivity index (χ0) is 17.2. The van der Waals surface area contributed by atoms with Crippen LogP contribution in [-0.4, -0.2) is 31.1 Å². The average Bonchev–Trinajstić information content (AvgIpc) is 3.07. The van der Waals surface area contributed by atoms with Crippen LogP contribution in [0, 0.1) is 5.92 Å². The Hall–Kier alpha value is -2.11. The number of nitrogens with one attached hydrogen (secondary N) is 2. The number of urea groups is 1. The molecule has 2 N–H and O–H groups in total. The molecule has 24 heavy (non-hydrogen) atoms. The molecule has 0 aromatic heterocycles. The minimum atomic E-state index is -0.611. The van der Waals surface area contributed by atoms with Gasteiger partial charge in [-0.15, -0.1) is 0 Å². The lowest BCUT2D eigenvalue weighted by Gasteiger charge is -2.13. The van der Waals surface area contributed by atoms with Gasteiger partial charge in [0.2, 0.25) is 0 Å². The smallest absolute Gasteiger partial charge is 0.321 e. The second-order valence-corrected chi connectivity index (χ2v) is 6.29. The van der Waals surface area contributed by atoms with E-state index in [1.165, 1.54) is 18.4 Å². The lowest BCUT2D eigenvalue weighted by molar-refractivity contribution is -0.148. The van der Waals surface area contributed by atoms with Gasteiger partial charge in [-0.2, -0.15) is 0 Å². The summed E-state index contributed by atoms with van der Waals surface area (Å²) in [6.07, 6.45) is 13.9. The molecule has 1 atom stereocenters. The number of carbonyl (C=O) groups is 3. The first-order chi connectivity index (χ1) is 11.6. The molecule has 6 heteroatoms. The molecular weight excluding hydrogens is 308 g/mol. The molecule has 0 saturated carbocycles. The van der Waals surface area contributed by atoms with Crippen LogP contribution in [0.2, 0.25) is 0 Å². The van der Waals surface area contributed by atoms with E-state index in [1.54, 1.807) is 0 Å². The van der Waals surface area contributed by atoms with Crippen molar-refractivity contribution in [2.24, 2.45) is 5.92 Å². The van der Waals surface area contributed by atoms with Gasteiger partial charge in [-0.25, -0.2) is 4.79 Å². The minimum Gasteiger partial charge on any atom is -0.456 e. The van der Waals surface area contributed by atoms with Crippen molar-refractivity contribution in [2.75, 3.05) is 13.2 Å². The van der Waals surface area contributed by atoms with Gasteiger partial charge in [-0.1, -0.05) is 23.8 Å². The molecule has 0 aliphatic heterocycles. The standard InChI is InChI=1S/C18H26N2O4/c21-16(13-24-17(22)12-15-8-4-5-9-15)20-18(23)19-11-10-14-6-2-1-3-7-14/h4,6,8,15H,1-3,5,7,9-13H2,(H2,19,20,21,23)/t15-/m1/s1. The van der Waals surface area contributed by atoms with E-state index in [2.05, 4.69) is 16.7 Å². The molecule has 0 bridgehead atoms. The number of imide groups is 1. The zero-order valence-corrected chi connectivity index (χ0v) is 14.0. The van der Waals surface area contributed by atoms with Crippen molar-refractivity contribution >= 4 is 17.9 Å². The molecule has 0 heterocycles. The van der Waals surface area contributed by atoms with Crippen LogP contribution in [-0.2, 0) is 14.3 Å². The van der Waals surface area contributed by atoms with Crippen molar-refractivity contribution in [2.45, 2.75) is 51.4 Å². The molecule has 2 aliphatic carbocycles. The molecule has 132 valence electrons. The molecule has 0 unspecified atom stereocenters. The predicted molar refractivity (Wildman–Crippen MR) is 90.1 cm³/mol. The van der Waals surface area contributed by atoms with E-state index in [9.17, 15) is 14.4 Å². The predicted octanol–water partition coefficient (Wildman–Crippen LogP) is 2.60. The van der Waals surface area contributed by atoms with Gasteiger partial charge >= 0.3 is 12.0 Å². The summed E-state index contributed by atoms with van der Waals surface area (Å²) in [7, 11) is 0. The largest absolute Gasteiger partial charge is 0.456 e. The van der Waals surface area contributed by atoms with Gasteiger partial charge in [-0.3, -0.25) is 14.9 Å². The number of amides is 3. The lowest BCUT2D eigenvalue weighted by atomic mass is 9.97. The quantitative estimate of drug-likeness (QED) is 0.554. The number of ether oxygens (including phenoxy) is 1. The third-order valence-corrected chi connectivity index (χ3v) is 4.28. The Kier molecular flexibility index (Phi) is 7.52. The van der Waals surface area contributed by atoms with Crippen molar-refractivity contribution in [3.05, 3.63) is 23.8 Å². The Balaban J connectivity index is 1.54. The van der Waals surface area contributed by atoms with Crippen LogP contribution in [0.1, 0.15) is 51.4 Å². The average molecular weight is 334 g/mol. The topological polar surface area (TPSA) is 84.5 Å². The monoisotopic (exact) mass is 334 g/mol. The third kappa shape index (κ3) is 6.98. The zero-order valence-electron chi connectivity index (χ0n) is 14.0. The highest BCUT2D eigenvalue weighted by atomic mass is 16.5. The summed E-state index contributed by atoms with van der Waals surface area (Å²) >= 11 is 0. The van der Waals surface area contributed by atoms with Crippen LogP contribution in [0.4, 0.5) is 4.79 Å². The molecule has 0 radical (unpaired) electrons. The SMILES string of the molecule is O=C(COC(=O)C[C@@H]1C=CCC1)NC(=O)NCCC1=CCCCC1. The van der Waals surface area contributed by atoms with E-state index < -0.39 is 24.5 Å². The number of rotatable bonds is 7. The van der Waals surface area contributed by atoms with Crippen LogP contribution in [0.15, 0.2) is 23.8 Å². The molecule has 0 aromatic rings. The van der Waals surface area contributed by atoms with E-state index in [1.807, 2.05) is 12.2 Å². The van der Waals surface area contributed by atoms with E-state index in [4.69, 9.17) is 4.74 Å². The van der Waals surface area contributed by atoms with Crippen molar-refractivity contribution in [1.82, 2.24) is 10.6 Å². The van der Waals surface area contributed by atoms with Crippen LogP contribution < -0.4 is 10.6 Å². The number of carbonyl (C=O) groups excluding carboxylic acids is 3. The molecule has 0 aromatic carbocycles. The van der Waals surface area contributed by atoms with Crippen LogP contribution in [0.25, 0.3) is 0 Å². The van der Waals surface area contributed by atoms with Crippen molar-refractivity contribution < 1.29 is 19.1 Å². The summed E-state index contributed by atoms with van der Waals surface area (Å²) in [5.41, 5.74) is 1.36. The summed E-state index contributed by atoms with van der Waals surface area (Å²) in [6, 6.07) is -0.550. The first-order valence-electron chi connectivity index (χ1n) is 8.71. The Labute approximate surface area is 142 Å². The maximum atomic E-state index is 11.6. The first-order valence-corrected chi connectivity index (χ1v) is 8.71. The fraction of sp³-hybridized carbons (Fsp3) is 0.611. The molecule has 6 nitrogen and oxygen atoms in total. The van der Waals surface area contributed by atoms with E-state index in [0.29, 0.717) is 6.54 Å². The third-order valence-electron chi connectivity index (χ3n) is 4.28. The van der Waals surface area contributed by atoms with Gasteiger partial charge < -0.3 is 10.1 Å². The van der Waals surface area contributed by atoms with Gasteiger partial charge in [0.25, 0.3) is 5.91 Å². The molecule has 0 fully saturated rings. The summed E-state index contributed by atoms with van der Waals surface area (Å²) in [4.78, 5) is 34.8. The van der Waals surface area contributed by atoms with Gasteiger partial charge in [0.05, 0.1) is 6.42 Å². The van der Waals surface area contributed by atoms with Crippen molar-refractivity contribution in [3.63, 3.8) is 0 Å². The maximum absolute atomic E-state index is 11.6. The highest BCUT2D eigenvalue weighted by Gasteiger charge is 2.16. The number of hydrogen-bond donors (Lipinski definition) is 2. The van der Waals surface area contributed by atoms with E-state index >= 15 is 0 Å². The van der Waals surface area contributed by atoms with Gasteiger partial charge in [0, 0.05) is 6.54 Å². The second kappa shape index (κ2) is 9.90. The molecule has 3 amide bonds. The molecular formula is C18H26N2O4. The minimum absolute atomic E-state index is 0.206. The number of allylic oxidation sites excluding steroid dienone is 3. The van der Waals surface area contributed by atoms with Gasteiger partial charge in [0.15, 0.2) is 6.61 Å². The fourth-order valence-corrected chi connectivity index (χ4v) is 2.96. The van der Waals surface area contributed by atoms with E-state index in [-0.39, 0.29) is 12.3 Å². The normalized spacial score (nSPS) is 19.5. The summed E-state index contributed by atoms with van der Waals surface area (Å²) in [5.74, 6) is -0.816. The molecule has 0 saturated heterocycles. The Morgan fingerprint density at radius 3 is 2.79 bits per heavy atom. The van der Waals surface area contributed by atoms with Crippen molar-refractivity contribution in [1.29, 1.82) is 0 Å². The summed E-state index contributed by atoms with van der Waals surface area (Å²) in [5, 5.41) is 4.81. The number of hydrogen-bond acceptors (Lipinski definition) is 4. The Morgan fingerprint density at radius 2 is 2.08 bits per heavy atom. The van der Waals surface area contributed by atoms with Crippen LogP contribution in [0.3, 0.4) is 0 Å². The Bertz CT molecular complexity index is 525.